The molecule has 0 bridgehead atoms. The molecule has 1 aromatic heterocycles. The van der Waals surface area contributed by atoms with E-state index < -0.39 is 42.2 Å². The van der Waals surface area contributed by atoms with Crippen LogP contribution in [-0.2, 0) is 4.74 Å². The number of benzene rings is 2. The standard InChI is InChI=1S/C21H22N2O9/c1-30-16-9-12(22-7-6-11-8-13(23(28)29)2-4-14(11)22)3-5-15(16)31-21-20(27)19(26)18(25)17(10-24)32-21/h2-9,17-21,24-27H,10H2,1H3/t17?,18-,19+,20?,21+/m1/s1. The molecular formula is C21H22N2O9. The number of fused-ring (bicyclic) bond motifs is 1. The number of nitro groups is 1. The molecule has 0 radical (unpaired) electrons. The maximum absolute atomic E-state index is 11.0. The van der Waals surface area contributed by atoms with Crippen molar-refractivity contribution in [3.05, 3.63) is 58.8 Å². The Labute approximate surface area is 181 Å². The topological polar surface area (TPSA) is 157 Å². The van der Waals surface area contributed by atoms with E-state index in [2.05, 4.69) is 0 Å². The average molecular weight is 446 g/mol. The van der Waals surface area contributed by atoms with Crippen molar-refractivity contribution in [2.45, 2.75) is 30.7 Å². The number of nitro benzene ring substituents is 1. The first-order valence-electron chi connectivity index (χ1n) is 9.75. The second kappa shape index (κ2) is 8.73. The fourth-order valence-electron chi connectivity index (χ4n) is 3.66. The van der Waals surface area contributed by atoms with Crippen LogP contribution in [-0.4, -0.2) is 74.3 Å². The van der Waals surface area contributed by atoms with Gasteiger partial charge in [0.25, 0.3) is 5.69 Å². The number of hydrogen-bond acceptors (Lipinski definition) is 9. The molecule has 0 spiro atoms. The van der Waals surface area contributed by atoms with Crippen LogP contribution in [0.5, 0.6) is 11.5 Å². The number of methoxy groups -OCH3 is 1. The summed E-state index contributed by atoms with van der Waals surface area (Å²) in [5, 5.41) is 51.1. The molecule has 5 atom stereocenters. The van der Waals surface area contributed by atoms with Crippen molar-refractivity contribution in [2.75, 3.05) is 13.7 Å². The molecule has 2 aromatic carbocycles. The van der Waals surface area contributed by atoms with E-state index in [-0.39, 0.29) is 11.4 Å². The van der Waals surface area contributed by atoms with E-state index in [0.29, 0.717) is 16.8 Å². The molecule has 0 aliphatic carbocycles. The first-order chi connectivity index (χ1) is 15.3. The summed E-state index contributed by atoms with van der Waals surface area (Å²) < 4.78 is 18.3. The zero-order chi connectivity index (χ0) is 23.0. The minimum Gasteiger partial charge on any atom is -0.493 e. The molecule has 32 heavy (non-hydrogen) atoms. The lowest BCUT2D eigenvalue weighted by atomic mass is 9.99. The molecule has 11 nitrogen and oxygen atoms in total. The van der Waals surface area contributed by atoms with Crippen LogP contribution in [0, 0.1) is 10.1 Å². The van der Waals surface area contributed by atoms with Gasteiger partial charge in [-0.25, -0.2) is 0 Å². The van der Waals surface area contributed by atoms with Crippen LogP contribution in [0.2, 0.25) is 0 Å². The number of aliphatic hydroxyl groups is 4. The summed E-state index contributed by atoms with van der Waals surface area (Å²) >= 11 is 0. The molecule has 4 rings (SSSR count). The number of ether oxygens (including phenoxy) is 3. The van der Waals surface area contributed by atoms with Gasteiger partial charge in [-0.1, -0.05) is 0 Å². The van der Waals surface area contributed by atoms with Gasteiger partial charge in [0.1, 0.15) is 24.4 Å². The van der Waals surface area contributed by atoms with E-state index in [4.69, 9.17) is 14.2 Å². The van der Waals surface area contributed by atoms with Gasteiger partial charge < -0.3 is 39.2 Å². The largest absolute Gasteiger partial charge is 0.493 e. The minimum absolute atomic E-state index is 0.00360. The summed E-state index contributed by atoms with van der Waals surface area (Å²) in [4.78, 5) is 10.6. The van der Waals surface area contributed by atoms with E-state index in [1.807, 2.05) is 4.57 Å². The Hall–Kier alpha value is -3.22. The number of non-ortho nitro benzene ring substituents is 1. The Bertz CT molecular complexity index is 1130. The molecular weight excluding hydrogens is 424 g/mol. The normalized spacial score (nSPS) is 25.6. The highest BCUT2D eigenvalue weighted by Gasteiger charge is 2.44. The lowest BCUT2D eigenvalue weighted by Crippen LogP contribution is -2.60. The van der Waals surface area contributed by atoms with Crippen molar-refractivity contribution >= 4 is 16.6 Å². The predicted octanol–water partition coefficient (Wildman–Crippen LogP) is 0.726. The minimum atomic E-state index is -1.56. The maximum atomic E-state index is 11.0. The van der Waals surface area contributed by atoms with Gasteiger partial charge in [0.05, 0.1) is 24.2 Å². The Kier molecular flexibility index (Phi) is 6.00. The third-order valence-corrected chi connectivity index (χ3v) is 5.40. The molecule has 170 valence electrons. The number of aromatic nitrogens is 1. The molecule has 1 fully saturated rings. The summed E-state index contributed by atoms with van der Waals surface area (Å²) in [6.45, 7) is -0.570. The molecule has 2 heterocycles. The number of rotatable bonds is 6. The van der Waals surface area contributed by atoms with Gasteiger partial charge in [-0.3, -0.25) is 10.1 Å². The van der Waals surface area contributed by atoms with Crippen LogP contribution in [0.4, 0.5) is 5.69 Å². The summed E-state index contributed by atoms with van der Waals surface area (Å²) in [5.74, 6) is 0.496. The summed E-state index contributed by atoms with van der Waals surface area (Å²) in [6, 6.07) is 11.3. The van der Waals surface area contributed by atoms with Crippen LogP contribution in [0.25, 0.3) is 16.6 Å². The van der Waals surface area contributed by atoms with E-state index >= 15 is 0 Å². The fourth-order valence-corrected chi connectivity index (χ4v) is 3.66. The third kappa shape index (κ3) is 3.87. The Morgan fingerprint density at radius 2 is 1.84 bits per heavy atom. The highest BCUT2D eigenvalue weighted by Crippen LogP contribution is 2.34. The molecule has 1 saturated heterocycles. The van der Waals surface area contributed by atoms with Crippen LogP contribution >= 0.6 is 0 Å². The van der Waals surface area contributed by atoms with E-state index in [1.54, 1.807) is 36.5 Å². The molecule has 4 N–H and O–H groups in total. The van der Waals surface area contributed by atoms with Crippen LogP contribution in [0.3, 0.4) is 0 Å². The van der Waals surface area contributed by atoms with Crippen molar-refractivity contribution in [2.24, 2.45) is 0 Å². The van der Waals surface area contributed by atoms with Crippen molar-refractivity contribution in [1.29, 1.82) is 0 Å². The molecule has 0 amide bonds. The van der Waals surface area contributed by atoms with Gasteiger partial charge >= 0.3 is 0 Å². The Morgan fingerprint density at radius 3 is 2.53 bits per heavy atom. The zero-order valence-electron chi connectivity index (χ0n) is 16.9. The Morgan fingerprint density at radius 1 is 1.06 bits per heavy atom. The smallest absolute Gasteiger partial charge is 0.270 e. The lowest BCUT2D eigenvalue weighted by molar-refractivity contribution is -0.384. The summed E-state index contributed by atoms with van der Waals surface area (Å²) in [5.41, 5.74) is 1.43. The van der Waals surface area contributed by atoms with Crippen molar-refractivity contribution in [3.63, 3.8) is 0 Å². The number of hydrogen-bond donors (Lipinski definition) is 4. The van der Waals surface area contributed by atoms with Crippen molar-refractivity contribution in [3.8, 4) is 17.2 Å². The average Bonchev–Trinajstić information content (AvgIpc) is 3.22. The maximum Gasteiger partial charge on any atom is 0.270 e. The number of aliphatic hydroxyl groups excluding tert-OH is 4. The molecule has 11 heteroatoms. The predicted molar refractivity (Wildman–Crippen MR) is 111 cm³/mol. The van der Waals surface area contributed by atoms with Crippen LogP contribution < -0.4 is 9.47 Å². The first kappa shape index (κ1) is 22.0. The Balaban J connectivity index is 1.63. The van der Waals surface area contributed by atoms with Gasteiger partial charge in [-0.15, -0.1) is 0 Å². The monoisotopic (exact) mass is 446 g/mol. The van der Waals surface area contributed by atoms with Gasteiger partial charge in [0.2, 0.25) is 6.29 Å². The third-order valence-electron chi connectivity index (χ3n) is 5.40. The summed E-state index contributed by atoms with van der Waals surface area (Å²) in [7, 11) is 1.43. The lowest BCUT2D eigenvalue weighted by Gasteiger charge is -2.39. The van der Waals surface area contributed by atoms with Gasteiger partial charge in [0.15, 0.2) is 11.5 Å². The van der Waals surface area contributed by atoms with Crippen molar-refractivity contribution < 1.29 is 39.6 Å². The zero-order valence-corrected chi connectivity index (χ0v) is 16.9. The first-order valence-corrected chi connectivity index (χ1v) is 9.75. The van der Waals surface area contributed by atoms with Crippen LogP contribution in [0.15, 0.2) is 48.7 Å². The van der Waals surface area contributed by atoms with E-state index in [0.717, 1.165) is 5.52 Å². The highest BCUT2D eigenvalue weighted by molar-refractivity contribution is 5.84. The molecule has 3 aromatic rings. The van der Waals surface area contributed by atoms with Gasteiger partial charge in [-0.05, 0) is 24.3 Å². The second-order valence-corrected chi connectivity index (χ2v) is 7.34. The quantitative estimate of drug-likeness (QED) is 0.316. The molecule has 1 aliphatic heterocycles. The molecule has 2 unspecified atom stereocenters. The SMILES string of the molecule is COc1cc(-n2ccc3cc([N+](=O)[O-])ccc32)ccc1O[C@H]1OC(CO)[C@@H](O)[C@H](O)C1O. The summed E-state index contributed by atoms with van der Waals surface area (Å²) in [6.07, 6.45) is -5.29. The van der Waals surface area contributed by atoms with Crippen LogP contribution in [0.1, 0.15) is 0 Å². The van der Waals surface area contributed by atoms with E-state index in [1.165, 1.54) is 19.2 Å². The second-order valence-electron chi connectivity index (χ2n) is 7.34. The van der Waals surface area contributed by atoms with Gasteiger partial charge in [-0.2, -0.15) is 0 Å². The van der Waals surface area contributed by atoms with Gasteiger partial charge in [0, 0.05) is 35.5 Å². The fraction of sp³-hybridized carbons (Fsp3) is 0.333. The molecule has 0 saturated carbocycles. The highest BCUT2D eigenvalue weighted by atomic mass is 16.7. The number of nitrogens with zero attached hydrogens (tertiary/aromatic N) is 2. The van der Waals surface area contributed by atoms with E-state index in [9.17, 15) is 30.5 Å². The van der Waals surface area contributed by atoms with Crippen molar-refractivity contribution in [1.82, 2.24) is 4.57 Å². The molecule has 1 aliphatic rings.